The molecule has 0 saturated carbocycles. The van der Waals surface area contributed by atoms with Gasteiger partial charge in [0.2, 0.25) is 5.91 Å². The van der Waals surface area contributed by atoms with E-state index in [9.17, 15) is 4.79 Å². The summed E-state index contributed by atoms with van der Waals surface area (Å²) >= 11 is 0. The Morgan fingerprint density at radius 3 is 2.69 bits per heavy atom. The highest BCUT2D eigenvalue weighted by Crippen LogP contribution is 2.34. The number of rotatable bonds is 6. The predicted octanol–water partition coefficient (Wildman–Crippen LogP) is 6.55. The standard InChI is InChI=1S/C29H27N2O/c1-3-4-8-20-14-16-23-27(17-20)31(26-12-7-11-24(28(23)26)29(30)32)18-25-19(2)13-15-21-9-5-6-10-22(21)25/h5-7,9-15,17H,3-4,8,18H2,1-2H3,(H2,30,32). The second-order valence-electron chi connectivity index (χ2n) is 8.60. The molecule has 0 aliphatic carbocycles. The fourth-order valence-corrected chi connectivity index (χ4v) is 4.81. The number of benzene rings is 4. The van der Waals surface area contributed by atoms with Crippen LogP contribution in [0.1, 0.15) is 46.8 Å². The van der Waals surface area contributed by atoms with E-state index in [1.807, 2.05) is 12.1 Å². The average Bonchev–Trinajstić information content (AvgIpc) is 3.12. The van der Waals surface area contributed by atoms with E-state index in [0.717, 1.165) is 47.6 Å². The van der Waals surface area contributed by atoms with E-state index in [1.165, 1.54) is 27.5 Å². The maximum Gasteiger partial charge on any atom is 0.249 e. The molecule has 1 heterocycles. The number of hydrogen-bond acceptors (Lipinski definition) is 1. The van der Waals surface area contributed by atoms with E-state index >= 15 is 0 Å². The van der Waals surface area contributed by atoms with Crippen LogP contribution in [0.15, 0.2) is 66.7 Å². The van der Waals surface area contributed by atoms with Gasteiger partial charge >= 0.3 is 0 Å². The summed E-state index contributed by atoms with van der Waals surface area (Å²) in [5.74, 6) is -0.403. The van der Waals surface area contributed by atoms with Crippen molar-refractivity contribution in [3.8, 4) is 0 Å². The van der Waals surface area contributed by atoms with Gasteiger partial charge in [0.05, 0.1) is 11.0 Å². The molecule has 32 heavy (non-hydrogen) atoms. The summed E-state index contributed by atoms with van der Waals surface area (Å²) in [7, 11) is 0. The topological polar surface area (TPSA) is 48.0 Å². The Balaban J connectivity index is 1.80. The van der Waals surface area contributed by atoms with E-state index in [1.54, 1.807) is 0 Å². The van der Waals surface area contributed by atoms with Crippen molar-refractivity contribution >= 4 is 38.5 Å². The molecule has 4 aromatic carbocycles. The van der Waals surface area contributed by atoms with E-state index < -0.39 is 5.91 Å². The smallest absolute Gasteiger partial charge is 0.249 e. The number of nitrogens with two attached hydrogens (primary N) is 1. The van der Waals surface area contributed by atoms with Gasteiger partial charge < -0.3 is 10.3 Å². The lowest BCUT2D eigenvalue weighted by molar-refractivity contribution is 0.100. The molecule has 0 atom stereocenters. The third-order valence-electron chi connectivity index (χ3n) is 6.53. The number of nitrogens with zero attached hydrogens (tertiary/aromatic N) is 1. The number of carbonyl (C=O) groups excluding carboxylic acids is 1. The fraction of sp³-hybridized carbons (Fsp3) is 0.207. The maximum absolute atomic E-state index is 12.3. The molecule has 0 fully saturated rings. The third-order valence-corrected chi connectivity index (χ3v) is 6.53. The van der Waals surface area contributed by atoms with E-state index in [4.69, 9.17) is 5.73 Å². The number of hydrogen-bond donors (Lipinski definition) is 1. The first-order valence-corrected chi connectivity index (χ1v) is 11.3. The van der Waals surface area contributed by atoms with Crippen LogP contribution in [0.5, 0.6) is 0 Å². The number of aryl methyl sites for hydroxylation is 2. The van der Waals surface area contributed by atoms with Crippen LogP contribution >= 0.6 is 0 Å². The van der Waals surface area contributed by atoms with Crippen LogP contribution in [0.25, 0.3) is 32.6 Å². The SMILES string of the molecule is CCCCc1c[c]c2c3c(C(N)=O)cccc3n(Cc3c(C)ccc4ccccc34)c2c1. The second kappa shape index (κ2) is 8.16. The highest BCUT2D eigenvalue weighted by Gasteiger charge is 2.18. The highest BCUT2D eigenvalue weighted by atomic mass is 16.1. The number of primary amides is 1. The first kappa shape index (κ1) is 20.3. The van der Waals surface area contributed by atoms with Crippen LogP contribution in [0, 0.1) is 13.0 Å². The van der Waals surface area contributed by atoms with E-state index in [2.05, 4.69) is 79.1 Å². The van der Waals surface area contributed by atoms with Gasteiger partial charge in [-0.25, -0.2) is 0 Å². The van der Waals surface area contributed by atoms with Gasteiger partial charge in [0, 0.05) is 22.9 Å². The molecular formula is C29H27N2O. The molecule has 0 unspecified atom stereocenters. The lowest BCUT2D eigenvalue weighted by Gasteiger charge is -2.14. The Hall–Kier alpha value is -3.59. The van der Waals surface area contributed by atoms with E-state index in [0.29, 0.717) is 5.56 Å². The van der Waals surface area contributed by atoms with Crippen molar-refractivity contribution in [1.29, 1.82) is 0 Å². The first-order valence-electron chi connectivity index (χ1n) is 11.3. The Morgan fingerprint density at radius 2 is 1.88 bits per heavy atom. The Bertz CT molecular complexity index is 1480. The normalized spacial score (nSPS) is 11.6. The summed E-state index contributed by atoms with van der Waals surface area (Å²) in [4.78, 5) is 12.3. The van der Waals surface area contributed by atoms with Crippen molar-refractivity contribution in [3.63, 3.8) is 0 Å². The van der Waals surface area contributed by atoms with Crippen LogP contribution in [0.2, 0.25) is 0 Å². The zero-order valence-electron chi connectivity index (χ0n) is 18.6. The third kappa shape index (κ3) is 3.34. The van der Waals surface area contributed by atoms with Crippen LogP contribution in [-0.2, 0) is 13.0 Å². The second-order valence-corrected chi connectivity index (χ2v) is 8.60. The quantitative estimate of drug-likeness (QED) is 0.333. The van der Waals surface area contributed by atoms with Gasteiger partial charge in [0.1, 0.15) is 0 Å². The summed E-state index contributed by atoms with van der Waals surface area (Å²) in [6.07, 6.45) is 3.33. The summed E-state index contributed by atoms with van der Waals surface area (Å²) in [5.41, 5.74) is 12.3. The summed E-state index contributed by atoms with van der Waals surface area (Å²) in [5, 5.41) is 4.36. The van der Waals surface area contributed by atoms with Gasteiger partial charge in [-0.2, -0.15) is 0 Å². The maximum atomic E-state index is 12.3. The number of amides is 1. The largest absolute Gasteiger partial charge is 0.366 e. The summed E-state index contributed by atoms with van der Waals surface area (Å²) < 4.78 is 2.33. The van der Waals surface area contributed by atoms with Gasteiger partial charge in [-0.15, -0.1) is 0 Å². The van der Waals surface area contributed by atoms with Crippen molar-refractivity contribution < 1.29 is 4.79 Å². The fourth-order valence-electron chi connectivity index (χ4n) is 4.81. The van der Waals surface area contributed by atoms with Crippen LogP contribution in [0.4, 0.5) is 0 Å². The minimum Gasteiger partial charge on any atom is -0.366 e. The van der Waals surface area contributed by atoms with Crippen molar-refractivity contribution in [2.45, 2.75) is 39.7 Å². The van der Waals surface area contributed by atoms with Crippen molar-refractivity contribution in [3.05, 3.63) is 95.1 Å². The Kier molecular flexibility index (Phi) is 5.18. The molecule has 1 aromatic heterocycles. The van der Waals surface area contributed by atoms with Crippen molar-refractivity contribution in [2.75, 3.05) is 0 Å². The first-order chi connectivity index (χ1) is 15.6. The Morgan fingerprint density at radius 1 is 1.03 bits per heavy atom. The zero-order chi connectivity index (χ0) is 22.2. The number of fused-ring (bicyclic) bond motifs is 4. The monoisotopic (exact) mass is 419 g/mol. The van der Waals surface area contributed by atoms with Crippen LogP contribution in [-0.4, -0.2) is 10.5 Å². The van der Waals surface area contributed by atoms with Crippen molar-refractivity contribution in [1.82, 2.24) is 4.57 Å². The number of carbonyl (C=O) groups is 1. The van der Waals surface area contributed by atoms with Gasteiger partial charge in [0.15, 0.2) is 0 Å². The van der Waals surface area contributed by atoms with Gasteiger partial charge in [0.25, 0.3) is 0 Å². The molecule has 0 bridgehead atoms. The number of unbranched alkanes of at least 4 members (excludes halogenated alkanes) is 1. The Labute approximate surface area is 188 Å². The lowest BCUT2D eigenvalue weighted by Crippen LogP contribution is -2.11. The zero-order valence-corrected chi connectivity index (χ0v) is 18.6. The molecule has 159 valence electrons. The molecular weight excluding hydrogens is 392 g/mol. The molecule has 1 radical (unpaired) electrons. The van der Waals surface area contributed by atoms with Crippen LogP contribution in [0.3, 0.4) is 0 Å². The van der Waals surface area contributed by atoms with Crippen LogP contribution < -0.4 is 5.73 Å². The molecule has 0 saturated heterocycles. The van der Waals surface area contributed by atoms with Gasteiger partial charge in [-0.1, -0.05) is 61.9 Å². The molecule has 0 aliphatic rings. The van der Waals surface area contributed by atoms with Gasteiger partial charge in [-0.05, 0) is 71.5 Å². The minimum absolute atomic E-state index is 0.403. The predicted molar refractivity (Wildman–Crippen MR) is 133 cm³/mol. The molecule has 3 nitrogen and oxygen atoms in total. The molecule has 2 N–H and O–H groups in total. The number of aromatic nitrogens is 1. The lowest BCUT2D eigenvalue weighted by atomic mass is 9.99. The highest BCUT2D eigenvalue weighted by molar-refractivity contribution is 6.17. The molecule has 5 aromatic rings. The van der Waals surface area contributed by atoms with Crippen molar-refractivity contribution in [2.24, 2.45) is 5.73 Å². The molecule has 0 aliphatic heterocycles. The summed E-state index contributed by atoms with van der Waals surface area (Å²) in [6, 6.07) is 26.6. The molecule has 0 spiro atoms. The average molecular weight is 420 g/mol. The van der Waals surface area contributed by atoms with Gasteiger partial charge in [-0.3, -0.25) is 4.79 Å². The minimum atomic E-state index is -0.403. The molecule has 3 heteroatoms. The summed E-state index contributed by atoms with van der Waals surface area (Å²) in [6.45, 7) is 5.10. The molecule has 1 amide bonds. The molecule has 5 rings (SSSR count). The van der Waals surface area contributed by atoms with E-state index in [-0.39, 0.29) is 0 Å².